The minimum Gasteiger partial charge on any atom is -0.399 e. The molecule has 1 N–H and O–H groups in total. The van der Waals surface area contributed by atoms with Crippen LogP contribution >= 0.6 is 0 Å². The van der Waals surface area contributed by atoms with E-state index in [2.05, 4.69) is 23.1 Å². The first-order chi connectivity index (χ1) is 11.8. The Morgan fingerprint density at radius 2 is 1.69 bits per heavy atom. The van der Waals surface area contributed by atoms with Crippen molar-refractivity contribution in [2.75, 3.05) is 11.0 Å². The van der Waals surface area contributed by atoms with Gasteiger partial charge in [-0.25, -0.2) is 8.42 Å². The van der Waals surface area contributed by atoms with Crippen LogP contribution in [0.3, 0.4) is 0 Å². The lowest BCUT2D eigenvalue weighted by molar-refractivity contribution is 0.00578. The van der Waals surface area contributed by atoms with Crippen LogP contribution in [0.25, 0.3) is 10.9 Å². The van der Waals surface area contributed by atoms with Gasteiger partial charge in [0.15, 0.2) is 0 Å². The van der Waals surface area contributed by atoms with Crippen molar-refractivity contribution in [1.29, 1.82) is 0 Å². The normalized spacial score (nSPS) is 19.5. The number of hydrogen-bond donors (Lipinski definition) is 1. The van der Waals surface area contributed by atoms with E-state index in [9.17, 15) is 8.42 Å². The number of fused-ring (bicyclic) bond motifs is 1. The van der Waals surface area contributed by atoms with E-state index >= 15 is 0 Å². The lowest BCUT2D eigenvalue weighted by Crippen LogP contribution is -2.41. The predicted octanol–water partition coefficient (Wildman–Crippen LogP) is 2.89. The van der Waals surface area contributed by atoms with Gasteiger partial charge in [0, 0.05) is 23.2 Å². The highest BCUT2D eigenvalue weighted by atomic mass is 32.2. The molecule has 26 heavy (non-hydrogen) atoms. The molecule has 1 aromatic carbocycles. The minimum absolute atomic E-state index is 0.210. The van der Waals surface area contributed by atoms with Crippen molar-refractivity contribution < 1.29 is 17.7 Å². The summed E-state index contributed by atoms with van der Waals surface area (Å²) in [5.41, 5.74) is 1.61. The molecule has 0 bridgehead atoms. The van der Waals surface area contributed by atoms with E-state index in [1.54, 1.807) is 6.07 Å². The minimum atomic E-state index is -3.33. The molecule has 1 saturated heterocycles. The van der Waals surface area contributed by atoms with Gasteiger partial charge >= 0.3 is 7.12 Å². The van der Waals surface area contributed by atoms with Crippen LogP contribution in [0.15, 0.2) is 24.4 Å². The number of benzene rings is 1. The molecule has 142 valence electrons. The van der Waals surface area contributed by atoms with Crippen molar-refractivity contribution in [1.82, 2.24) is 4.57 Å². The predicted molar refractivity (Wildman–Crippen MR) is 107 cm³/mol. The number of rotatable bonds is 4. The largest absolute Gasteiger partial charge is 0.497 e. The first kappa shape index (κ1) is 19.3. The molecule has 0 unspecified atom stereocenters. The smallest absolute Gasteiger partial charge is 0.399 e. The Kier molecular flexibility index (Phi) is 4.45. The van der Waals surface area contributed by atoms with Gasteiger partial charge in [-0.05, 0) is 59.1 Å². The fourth-order valence-electron chi connectivity index (χ4n) is 3.14. The summed E-state index contributed by atoms with van der Waals surface area (Å²) in [5.74, 6) is 0. The van der Waals surface area contributed by atoms with Crippen molar-refractivity contribution in [2.24, 2.45) is 0 Å². The molecule has 0 saturated carbocycles. The molecule has 0 spiro atoms. The second-order valence-corrected chi connectivity index (χ2v) is 10.0. The highest BCUT2D eigenvalue weighted by Crippen LogP contribution is 2.37. The summed E-state index contributed by atoms with van der Waals surface area (Å²) >= 11 is 0. The van der Waals surface area contributed by atoms with Crippen LogP contribution in [0.5, 0.6) is 0 Å². The number of hydrogen-bond acceptors (Lipinski definition) is 4. The van der Waals surface area contributed by atoms with Crippen LogP contribution in [-0.2, 0) is 19.3 Å². The van der Waals surface area contributed by atoms with Crippen molar-refractivity contribution >= 4 is 39.2 Å². The summed E-state index contributed by atoms with van der Waals surface area (Å²) < 4.78 is 40.2. The molecular weight excluding hydrogens is 351 g/mol. The summed E-state index contributed by atoms with van der Waals surface area (Å²) in [4.78, 5) is 0. The van der Waals surface area contributed by atoms with E-state index in [0.29, 0.717) is 5.69 Å². The second kappa shape index (κ2) is 6.01. The van der Waals surface area contributed by atoms with E-state index in [1.807, 2.05) is 46.0 Å². The molecule has 0 atom stereocenters. The molecule has 6 nitrogen and oxygen atoms in total. The first-order valence-corrected chi connectivity index (χ1v) is 10.7. The van der Waals surface area contributed by atoms with Gasteiger partial charge < -0.3 is 13.9 Å². The van der Waals surface area contributed by atoms with Gasteiger partial charge in [-0.3, -0.25) is 4.72 Å². The Balaban J connectivity index is 2.11. The maximum atomic E-state index is 11.6. The highest BCUT2D eigenvalue weighted by Gasteiger charge is 2.52. The maximum absolute atomic E-state index is 11.6. The first-order valence-electron chi connectivity index (χ1n) is 8.79. The number of aromatic nitrogens is 1. The van der Waals surface area contributed by atoms with Crippen molar-refractivity contribution in [3.8, 4) is 0 Å². The van der Waals surface area contributed by atoms with Gasteiger partial charge in [0.2, 0.25) is 10.0 Å². The number of anilines is 1. The lowest BCUT2D eigenvalue weighted by Gasteiger charge is -2.32. The molecule has 2 heterocycles. The molecule has 1 fully saturated rings. The standard InChI is InChI=1S/C18H27BN2O4S/c1-12(2)21-11-15(19-24-17(3,4)18(5,6)25-19)14-9-8-13(10-16(14)21)20-26(7,22)23/h8-12,20H,1-7H3. The third kappa shape index (κ3) is 3.37. The Labute approximate surface area is 156 Å². The average Bonchev–Trinajstić information content (AvgIpc) is 2.92. The third-order valence-corrected chi connectivity index (χ3v) is 5.84. The summed E-state index contributed by atoms with van der Waals surface area (Å²) in [7, 11) is -3.79. The van der Waals surface area contributed by atoms with Crippen LogP contribution in [0, 0.1) is 0 Å². The Morgan fingerprint density at radius 3 is 2.19 bits per heavy atom. The van der Waals surface area contributed by atoms with Crippen LogP contribution in [-0.4, -0.2) is 37.6 Å². The van der Waals surface area contributed by atoms with Crippen molar-refractivity contribution in [3.05, 3.63) is 24.4 Å². The van der Waals surface area contributed by atoms with Crippen LogP contribution in [0.2, 0.25) is 0 Å². The van der Waals surface area contributed by atoms with Crippen molar-refractivity contribution in [2.45, 2.75) is 58.8 Å². The highest BCUT2D eigenvalue weighted by molar-refractivity contribution is 7.92. The zero-order valence-corrected chi connectivity index (χ0v) is 17.3. The number of sulfonamides is 1. The van der Waals surface area contributed by atoms with E-state index in [4.69, 9.17) is 9.31 Å². The second-order valence-electron chi connectivity index (χ2n) is 8.28. The van der Waals surface area contributed by atoms with E-state index in [0.717, 1.165) is 22.6 Å². The van der Waals surface area contributed by atoms with Crippen LogP contribution in [0.4, 0.5) is 5.69 Å². The molecular formula is C18H27BN2O4S. The molecule has 8 heteroatoms. The van der Waals surface area contributed by atoms with Gasteiger partial charge in [-0.15, -0.1) is 0 Å². The SMILES string of the molecule is CC(C)n1cc(B2OC(C)(C)C(C)(C)O2)c2ccc(NS(C)(=O)=O)cc21. The summed E-state index contributed by atoms with van der Waals surface area (Å²) in [5, 5.41) is 0.997. The van der Waals surface area contributed by atoms with Gasteiger partial charge in [0.05, 0.1) is 23.1 Å². The topological polar surface area (TPSA) is 69.6 Å². The third-order valence-electron chi connectivity index (χ3n) is 5.23. The monoisotopic (exact) mass is 378 g/mol. The van der Waals surface area contributed by atoms with Gasteiger partial charge in [0.1, 0.15) is 0 Å². The molecule has 1 aliphatic heterocycles. The fraction of sp³-hybridized carbons (Fsp3) is 0.556. The quantitative estimate of drug-likeness (QED) is 0.831. The molecule has 1 aromatic heterocycles. The van der Waals surface area contributed by atoms with Gasteiger partial charge in [0.25, 0.3) is 0 Å². The Bertz CT molecular complexity index is 931. The molecule has 0 amide bonds. The summed E-state index contributed by atoms with van der Waals surface area (Å²) in [6.45, 7) is 12.3. The Hall–Kier alpha value is -1.51. The van der Waals surface area contributed by atoms with E-state index < -0.39 is 28.3 Å². The lowest BCUT2D eigenvalue weighted by atomic mass is 9.79. The van der Waals surface area contributed by atoms with Crippen LogP contribution < -0.4 is 10.2 Å². The summed E-state index contributed by atoms with van der Waals surface area (Å²) in [6, 6.07) is 5.75. The van der Waals surface area contributed by atoms with Gasteiger partial charge in [-0.2, -0.15) is 0 Å². The van der Waals surface area contributed by atoms with Crippen LogP contribution in [0.1, 0.15) is 47.6 Å². The van der Waals surface area contributed by atoms with E-state index in [1.165, 1.54) is 0 Å². The summed E-state index contributed by atoms with van der Waals surface area (Å²) in [6.07, 6.45) is 3.19. The molecule has 3 rings (SSSR count). The zero-order chi connectivity index (χ0) is 19.5. The number of nitrogens with one attached hydrogen (secondary N) is 1. The van der Waals surface area contributed by atoms with Crippen molar-refractivity contribution in [3.63, 3.8) is 0 Å². The van der Waals surface area contributed by atoms with E-state index in [-0.39, 0.29) is 6.04 Å². The average molecular weight is 378 g/mol. The molecule has 0 aliphatic carbocycles. The van der Waals surface area contributed by atoms with Gasteiger partial charge in [-0.1, -0.05) is 6.07 Å². The zero-order valence-electron chi connectivity index (χ0n) is 16.5. The molecule has 0 radical (unpaired) electrons. The molecule has 1 aliphatic rings. The fourth-order valence-corrected chi connectivity index (χ4v) is 3.70. The Morgan fingerprint density at radius 1 is 1.12 bits per heavy atom. The molecule has 2 aromatic rings. The number of nitrogens with zero attached hydrogens (tertiary/aromatic N) is 1. The maximum Gasteiger partial charge on any atom is 0.497 e.